The van der Waals surface area contributed by atoms with Gasteiger partial charge in [0.2, 0.25) is 5.13 Å². The summed E-state index contributed by atoms with van der Waals surface area (Å²) < 4.78 is 6.37. The number of ketones is 1. The van der Waals surface area contributed by atoms with Crippen molar-refractivity contribution in [3.05, 3.63) is 106 Å². The van der Waals surface area contributed by atoms with Crippen LogP contribution in [0.25, 0.3) is 5.76 Å². The van der Waals surface area contributed by atoms with Gasteiger partial charge in [-0.3, -0.25) is 14.5 Å². The molecule has 0 bridgehead atoms. The van der Waals surface area contributed by atoms with Crippen LogP contribution in [0, 0.1) is 0 Å². The zero-order valence-electron chi connectivity index (χ0n) is 21.6. The third kappa shape index (κ3) is 6.06. The molecule has 0 saturated carbocycles. The molecule has 2 heterocycles. The van der Waals surface area contributed by atoms with Crippen LogP contribution >= 0.6 is 34.7 Å². The van der Waals surface area contributed by atoms with Crippen molar-refractivity contribution < 1.29 is 19.4 Å². The van der Waals surface area contributed by atoms with Crippen molar-refractivity contribution >= 4 is 57.3 Å². The van der Waals surface area contributed by atoms with Gasteiger partial charge in [0.1, 0.15) is 11.5 Å². The maximum absolute atomic E-state index is 13.4. The molecule has 1 fully saturated rings. The van der Waals surface area contributed by atoms with Gasteiger partial charge in [0.15, 0.2) is 4.34 Å². The summed E-state index contributed by atoms with van der Waals surface area (Å²) in [5, 5.41) is 20.6. The number of anilines is 1. The first-order chi connectivity index (χ1) is 19.5. The number of carbonyl (C=O) groups is 2. The van der Waals surface area contributed by atoms with Crippen LogP contribution in [0.3, 0.4) is 0 Å². The summed E-state index contributed by atoms with van der Waals surface area (Å²) in [6.45, 7) is 2.68. The highest BCUT2D eigenvalue weighted by Gasteiger charge is 2.48. The molecular formula is C30H26ClN3O4S2. The van der Waals surface area contributed by atoms with Crippen LogP contribution < -0.4 is 9.64 Å². The van der Waals surface area contributed by atoms with Crippen molar-refractivity contribution in [2.75, 3.05) is 11.5 Å². The van der Waals surface area contributed by atoms with Gasteiger partial charge in [0, 0.05) is 16.3 Å². The second-order valence-corrected chi connectivity index (χ2v) is 11.7. The summed E-state index contributed by atoms with van der Waals surface area (Å²) >= 11 is 9.01. The number of amides is 1. The lowest BCUT2D eigenvalue weighted by Crippen LogP contribution is -2.29. The van der Waals surface area contributed by atoms with Crippen LogP contribution in [0.15, 0.2) is 88.8 Å². The molecule has 0 aliphatic carbocycles. The Morgan fingerprint density at radius 1 is 1.05 bits per heavy atom. The number of rotatable bonds is 10. The van der Waals surface area contributed by atoms with E-state index in [1.54, 1.807) is 48.5 Å². The average Bonchev–Trinajstić information content (AvgIpc) is 3.54. The summed E-state index contributed by atoms with van der Waals surface area (Å²) in [6, 6.07) is 22.7. The van der Waals surface area contributed by atoms with E-state index in [0.29, 0.717) is 38.6 Å². The molecule has 204 valence electrons. The van der Waals surface area contributed by atoms with Gasteiger partial charge in [0.25, 0.3) is 5.78 Å². The molecular weight excluding hydrogens is 566 g/mol. The summed E-state index contributed by atoms with van der Waals surface area (Å²) in [5.41, 5.74) is 2.05. The minimum absolute atomic E-state index is 0.0411. The van der Waals surface area contributed by atoms with Gasteiger partial charge in [-0.2, -0.15) is 0 Å². The zero-order valence-corrected chi connectivity index (χ0v) is 24.0. The molecule has 7 nitrogen and oxygen atoms in total. The van der Waals surface area contributed by atoms with E-state index in [-0.39, 0.29) is 16.5 Å². The highest BCUT2D eigenvalue weighted by atomic mass is 35.5. The van der Waals surface area contributed by atoms with Crippen LogP contribution in [0.1, 0.15) is 42.5 Å². The van der Waals surface area contributed by atoms with Crippen molar-refractivity contribution in [2.24, 2.45) is 0 Å². The second-order valence-electron chi connectivity index (χ2n) is 9.08. The van der Waals surface area contributed by atoms with E-state index in [9.17, 15) is 14.7 Å². The normalized spacial score (nSPS) is 16.4. The maximum Gasteiger partial charge on any atom is 0.301 e. The van der Waals surface area contributed by atoms with E-state index < -0.39 is 17.7 Å². The van der Waals surface area contributed by atoms with E-state index in [4.69, 9.17) is 16.3 Å². The molecule has 4 aromatic rings. The Bertz CT molecular complexity index is 1540. The summed E-state index contributed by atoms with van der Waals surface area (Å²) in [7, 11) is 0. The molecule has 0 radical (unpaired) electrons. The maximum atomic E-state index is 13.4. The minimum atomic E-state index is -0.931. The number of thioether (sulfide) groups is 1. The fourth-order valence-electron chi connectivity index (χ4n) is 4.30. The first kappa shape index (κ1) is 27.9. The molecule has 1 aromatic heterocycles. The highest BCUT2D eigenvalue weighted by molar-refractivity contribution is 8.00. The van der Waals surface area contributed by atoms with Crippen LogP contribution in [0.4, 0.5) is 5.13 Å². The molecule has 0 spiro atoms. The smallest absolute Gasteiger partial charge is 0.301 e. The first-order valence-electron chi connectivity index (χ1n) is 12.8. The Kier molecular flexibility index (Phi) is 8.84. The molecule has 40 heavy (non-hydrogen) atoms. The van der Waals surface area contributed by atoms with E-state index in [0.717, 1.165) is 18.4 Å². The lowest BCUT2D eigenvalue weighted by Gasteiger charge is -2.22. The minimum Gasteiger partial charge on any atom is -0.507 e. The van der Waals surface area contributed by atoms with Gasteiger partial charge in [-0.15, -0.1) is 10.2 Å². The Balaban J connectivity index is 1.49. The fraction of sp³-hybridized carbons (Fsp3) is 0.200. The van der Waals surface area contributed by atoms with Crippen molar-refractivity contribution in [1.29, 1.82) is 0 Å². The predicted molar refractivity (Wildman–Crippen MR) is 159 cm³/mol. The Morgan fingerprint density at radius 2 is 1.82 bits per heavy atom. The van der Waals surface area contributed by atoms with Crippen LogP contribution in [0.5, 0.6) is 5.75 Å². The molecule has 1 aliphatic heterocycles. The Hall–Kier alpha value is -3.66. The predicted octanol–water partition coefficient (Wildman–Crippen LogP) is 7.29. The lowest BCUT2D eigenvalue weighted by molar-refractivity contribution is -0.132. The van der Waals surface area contributed by atoms with E-state index >= 15 is 0 Å². The topological polar surface area (TPSA) is 92.6 Å². The number of halogens is 1. The highest BCUT2D eigenvalue weighted by Crippen LogP contribution is 2.44. The lowest BCUT2D eigenvalue weighted by atomic mass is 9.95. The molecule has 1 unspecified atom stereocenters. The third-order valence-corrected chi connectivity index (χ3v) is 8.67. The molecule has 1 saturated heterocycles. The van der Waals surface area contributed by atoms with Crippen LogP contribution in [0.2, 0.25) is 5.02 Å². The number of aliphatic hydroxyl groups excluding tert-OH is 1. The molecule has 1 amide bonds. The average molecular weight is 592 g/mol. The second kappa shape index (κ2) is 12.7. The number of aliphatic hydroxyl groups is 1. The number of unbranched alkanes of at least 4 members (excludes halogenated alkanes) is 1. The molecule has 5 rings (SSSR count). The SMILES string of the molecule is CCCCOc1ccc(/C(O)=C2/C(=O)C(=O)N(c3nnc(SCc4ccccc4)s3)C2c2cccc(Cl)c2)cc1. The monoisotopic (exact) mass is 591 g/mol. The zero-order chi connectivity index (χ0) is 28.1. The molecule has 10 heteroatoms. The van der Waals surface area contributed by atoms with Gasteiger partial charge >= 0.3 is 5.91 Å². The van der Waals surface area contributed by atoms with Gasteiger partial charge in [-0.1, -0.05) is 90.5 Å². The number of benzene rings is 3. The number of Topliss-reactive ketones (excluding diaryl/α,β-unsaturated/α-hetero) is 1. The first-order valence-corrected chi connectivity index (χ1v) is 14.9. The van der Waals surface area contributed by atoms with E-state index in [2.05, 4.69) is 17.1 Å². The molecule has 1 aliphatic rings. The Morgan fingerprint density at radius 3 is 2.55 bits per heavy atom. The van der Waals surface area contributed by atoms with Crippen molar-refractivity contribution in [3.63, 3.8) is 0 Å². The standard InChI is InChI=1S/C30H26ClN3O4S2/c1-2-3-16-38-23-14-12-20(13-15-23)26(35)24-25(21-10-7-11-22(31)17-21)34(28(37)27(24)36)29-32-33-30(40-29)39-18-19-8-5-4-6-9-19/h4-15,17,25,35H,2-3,16,18H2,1H3/b26-24-. The van der Waals surface area contributed by atoms with Crippen LogP contribution in [-0.4, -0.2) is 33.6 Å². The summed E-state index contributed by atoms with van der Waals surface area (Å²) in [6.07, 6.45) is 1.95. The number of hydrogen-bond acceptors (Lipinski definition) is 8. The third-order valence-electron chi connectivity index (χ3n) is 6.31. The van der Waals surface area contributed by atoms with Gasteiger partial charge in [-0.25, -0.2) is 0 Å². The number of hydrogen-bond donors (Lipinski definition) is 1. The summed E-state index contributed by atoms with van der Waals surface area (Å²) in [4.78, 5) is 28.1. The van der Waals surface area contributed by atoms with E-state index in [1.165, 1.54) is 28.0 Å². The number of carbonyl (C=O) groups excluding carboxylic acids is 2. The molecule has 1 N–H and O–H groups in total. The fourth-order valence-corrected chi connectivity index (χ4v) is 6.32. The van der Waals surface area contributed by atoms with Gasteiger partial charge in [-0.05, 0) is 53.9 Å². The van der Waals surface area contributed by atoms with Crippen molar-refractivity contribution in [2.45, 2.75) is 35.9 Å². The number of aromatic nitrogens is 2. The van der Waals surface area contributed by atoms with Crippen molar-refractivity contribution in [3.8, 4) is 5.75 Å². The van der Waals surface area contributed by atoms with Crippen LogP contribution in [-0.2, 0) is 15.3 Å². The number of ether oxygens (including phenoxy) is 1. The van der Waals surface area contributed by atoms with Gasteiger partial charge < -0.3 is 9.84 Å². The Labute approximate surface area is 245 Å². The van der Waals surface area contributed by atoms with Gasteiger partial charge in [0.05, 0.1) is 18.2 Å². The summed E-state index contributed by atoms with van der Waals surface area (Å²) in [5.74, 6) is -0.536. The number of nitrogens with zero attached hydrogens (tertiary/aromatic N) is 3. The van der Waals surface area contributed by atoms with E-state index in [1.807, 2.05) is 30.3 Å². The largest absolute Gasteiger partial charge is 0.507 e. The molecule has 1 atom stereocenters. The molecule has 3 aromatic carbocycles. The van der Waals surface area contributed by atoms with Crippen molar-refractivity contribution in [1.82, 2.24) is 10.2 Å². The quantitative estimate of drug-likeness (QED) is 0.0517.